The lowest BCUT2D eigenvalue weighted by Crippen LogP contribution is -2.25. The zero-order valence-electron chi connectivity index (χ0n) is 12.5. The summed E-state index contributed by atoms with van der Waals surface area (Å²) in [7, 11) is 0. The van der Waals surface area contributed by atoms with Crippen LogP contribution >= 0.6 is 11.6 Å². The molecule has 0 saturated carbocycles. The van der Waals surface area contributed by atoms with Crippen LogP contribution in [0.3, 0.4) is 0 Å². The molecule has 0 radical (unpaired) electrons. The third-order valence-corrected chi connectivity index (χ3v) is 3.65. The van der Waals surface area contributed by atoms with Crippen LogP contribution in [-0.4, -0.2) is 15.1 Å². The highest BCUT2D eigenvalue weighted by Crippen LogP contribution is 2.34. The number of H-pyrrole nitrogens is 1. The smallest absolute Gasteiger partial charge is 0.294 e. The number of aromatic amines is 1. The van der Waals surface area contributed by atoms with Crippen molar-refractivity contribution in [1.29, 1.82) is 0 Å². The normalized spacial score (nSPS) is 13.7. The molecule has 0 aliphatic rings. The van der Waals surface area contributed by atoms with Crippen LogP contribution < -0.4 is 10.3 Å². The highest BCUT2D eigenvalue weighted by molar-refractivity contribution is 6.30. The Hall–Kier alpha value is -1.99. The van der Waals surface area contributed by atoms with Crippen LogP contribution in [0.2, 0.25) is 5.02 Å². The molecular weight excluding hydrogens is 330 g/mol. The van der Waals surface area contributed by atoms with Crippen molar-refractivity contribution in [1.82, 2.24) is 9.97 Å². The Morgan fingerprint density at radius 1 is 1.48 bits per heavy atom. The van der Waals surface area contributed by atoms with Gasteiger partial charge in [-0.15, -0.1) is 0 Å². The second kappa shape index (κ2) is 6.64. The van der Waals surface area contributed by atoms with Crippen molar-refractivity contribution in [3.63, 3.8) is 0 Å². The quantitative estimate of drug-likeness (QED) is 0.871. The van der Waals surface area contributed by atoms with Gasteiger partial charge in [0.05, 0.1) is 5.02 Å². The molecule has 2 rings (SSSR count). The first-order valence-corrected chi connectivity index (χ1v) is 7.22. The Labute approximate surface area is 135 Å². The van der Waals surface area contributed by atoms with Crippen LogP contribution in [0.1, 0.15) is 31.8 Å². The zero-order valence-corrected chi connectivity index (χ0v) is 13.2. The molecule has 2 N–H and O–H groups in total. The summed E-state index contributed by atoms with van der Waals surface area (Å²) in [6, 6.07) is 3.58. The Kier molecular flexibility index (Phi) is 5.01. The van der Waals surface area contributed by atoms with Gasteiger partial charge in [0.25, 0.3) is 5.56 Å². The van der Waals surface area contributed by atoms with Crippen LogP contribution in [-0.2, 0) is 12.3 Å². The molecule has 1 aromatic carbocycles. The predicted molar refractivity (Wildman–Crippen MR) is 81.0 cm³/mol. The molecule has 0 saturated heterocycles. The fourth-order valence-electron chi connectivity index (χ4n) is 1.86. The van der Waals surface area contributed by atoms with Gasteiger partial charge in [0.2, 0.25) is 5.75 Å². The van der Waals surface area contributed by atoms with E-state index in [1.165, 1.54) is 19.1 Å². The minimum atomic E-state index is -1.96. The van der Waals surface area contributed by atoms with Gasteiger partial charge in [-0.2, -0.15) is 0 Å². The number of nitrogens with one attached hydrogen (secondary N) is 1. The molecule has 0 fully saturated rings. The fraction of sp³-hybridized carbons (Fsp3) is 0.333. The lowest BCUT2D eigenvalue weighted by Gasteiger charge is -2.20. The standard InChI is InChI=1S/C15H15ClF2N2O3/c1-3-15(2,18)13-12(14(22)20-11(7-21)19-13)23-8-4-5-9(16)10(17)6-8/h4-6,21H,3,7H2,1-2H3,(H,19,20,22). The van der Waals surface area contributed by atoms with Crippen molar-refractivity contribution in [2.45, 2.75) is 32.5 Å². The zero-order chi connectivity index (χ0) is 17.2. The maximum Gasteiger partial charge on any atom is 0.294 e. The topological polar surface area (TPSA) is 75.2 Å². The second-order valence-corrected chi connectivity index (χ2v) is 5.48. The summed E-state index contributed by atoms with van der Waals surface area (Å²) < 4.78 is 33.5. The van der Waals surface area contributed by atoms with Crippen molar-refractivity contribution in [3.8, 4) is 11.5 Å². The number of halogens is 3. The third kappa shape index (κ3) is 3.68. The molecule has 0 bridgehead atoms. The summed E-state index contributed by atoms with van der Waals surface area (Å²) in [6.07, 6.45) is 0.0274. The van der Waals surface area contributed by atoms with E-state index in [4.69, 9.17) is 21.4 Å². The maximum absolute atomic E-state index is 14.7. The minimum absolute atomic E-state index is 0.0240. The molecule has 1 aromatic heterocycles. The van der Waals surface area contributed by atoms with Gasteiger partial charge in [0, 0.05) is 6.07 Å². The molecule has 8 heteroatoms. The number of hydrogen-bond acceptors (Lipinski definition) is 4. The molecule has 124 valence electrons. The van der Waals surface area contributed by atoms with E-state index in [-0.39, 0.29) is 28.7 Å². The monoisotopic (exact) mass is 344 g/mol. The van der Waals surface area contributed by atoms with Crippen molar-refractivity contribution in [2.75, 3.05) is 0 Å². The van der Waals surface area contributed by atoms with Gasteiger partial charge in [0.1, 0.15) is 29.7 Å². The van der Waals surface area contributed by atoms with Gasteiger partial charge in [-0.05, 0) is 25.5 Å². The summed E-state index contributed by atoms with van der Waals surface area (Å²) in [5, 5.41) is 9.01. The first-order chi connectivity index (χ1) is 10.8. The lowest BCUT2D eigenvalue weighted by atomic mass is 10.00. The molecular formula is C15H15ClF2N2O3. The van der Waals surface area contributed by atoms with Gasteiger partial charge < -0.3 is 14.8 Å². The van der Waals surface area contributed by atoms with E-state index in [9.17, 15) is 13.6 Å². The van der Waals surface area contributed by atoms with Crippen molar-refractivity contribution in [2.24, 2.45) is 0 Å². The average molecular weight is 345 g/mol. The molecule has 5 nitrogen and oxygen atoms in total. The number of benzene rings is 1. The Balaban J connectivity index is 2.56. The Morgan fingerprint density at radius 2 is 2.17 bits per heavy atom. The molecule has 0 aliphatic carbocycles. The number of nitrogens with zero attached hydrogens (tertiary/aromatic N) is 1. The summed E-state index contributed by atoms with van der Waals surface area (Å²) >= 11 is 5.58. The molecule has 1 atom stereocenters. The van der Waals surface area contributed by atoms with E-state index in [0.717, 1.165) is 6.07 Å². The Bertz CT molecular complexity index is 778. The van der Waals surface area contributed by atoms with E-state index in [2.05, 4.69) is 9.97 Å². The van der Waals surface area contributed by atoms with Crippen LogP contribution in [0.15, 0.2) is 23.0 Å². The highest BCUT2D eigenvalue weighted by Gasteiger charge is 2.32. The van der Waals surface area contributed by atoms with E-state index >= 15 is 0 Å². The maximum atomic E-state index is 14.7. The van der Waals surface area contributed by atoms with Crippen LogP contribution in [0.25, 0.3) is 0 Å². The van der Waals surface area contributed by atoms with E-state index in [1.54, 1.807) is 6.92 Å². The van der Waals surface area contributed by atoms with E-state index < -0.39 is 29.4 Å². The number of rotatable bonds is 5. The third-order valence-electron chi connectivity index (χ3n) is 3.34. The molecule has 0 amide bonds. The fourth-order valence-corrected chi connectivity index (χ4v) is 1.98. The number of aliphatic hydroxyl groups excluding tert-OH is 1. The summed E-state index contributed by atoms with van der Waals surface area (Å²) in [5.74, 6) is -1.24. The van der Waals surface area contributed by atoms with Crippen LogP contribution in [0.5, 0.6) is 11.5 Å². The van der Waals surface area contributed by atoms with Gasteiger partial charge in [-0.25, -0.2) is 13.8 Å². The number of aliphatic hydroxyl groups is 1. The van der Waals surface area contributed by atoms with Crippen LogP contribution in [0, 0.1) is 5.82 Å². The summed E-state index contributed by atoms with van der Waals surface area (Å²) in [5.41, 5.74) is -2.99. The molecule has 23 heavy (non-hydrogen) atoms. The first-order valence-electron chi connectivity index (χ1n) is 6.85. The largest absolute Gasteiger partial charge is 0.449 e. The Morgan fingerprint density at radius 3 is 2.74 bits per heavy atom. The van der Waals surface area contributed by atoms with Crippen molar-refractivity contribution < 1.29 is 18.6 Å². The molecule has 2 aromatic rings. The van der Waals surface area contributed by atoms with Crippen LogP contribution in [0.4, 0.5) is 8.78 Å². The first kappa shape index (κ1) is 17.4. The van der Waals surface area contributed by atoms with Gasteiger partial charge in [-0.1, -0.05) is 18.5 Å². The van der Waals surface area contributed by atoms with Gasteiger partial charge in [0.15, 0.2) is 5.67 Å². The number of alkyl halides is 1. The minimum Gasteiger partial charge on any atom is -0.449 e. The molecule has 0 spiro atoms. The second-order valence-electron chi connectivity index (χ2n) is 5.08. The average Bonchev–Trinajstić information content (AvgIpc) is 2.52. The van der Waals surface area contributed by atoms with Gasteiger partial charge in [-0.3, -0.25) is 4.79 Å². The van der Waals surface area contributed by atoms with E-state index in [0.29, 0.717) is 0 Å². The number of hydrogen-bond donors (Lipinski definition) is 2. The highest BCUT2D eigenvalue weighted by atomic mass is 35.5. The van der Waals surface area contributed by atoms with Crippen molar-refractivity contribution >= 4 is 11.6 Å². The number of ether oxygens (including phenoxy) is 1. The predicted octanol–water partition coefficient (Wildman–Crippen LogP) is 3.44. The number of aromatic nitrogens is 2. The summed E-state index contributed by atoms with van der Waals surface area (Å²) in [4.78, 5) is 18.3. The SMILES string of the molecule is CCC(C)(F)c1nc(CO)[nH]c(=O)c1Oc1ccc(Cl)c(F)c1. The lowest BCUT2D eigenvalue weighted by molar-refractivity contribution is 0.171. The molecule has 1 unspecified atom stereocenters. The van der Waals surface area contributed by atoms with Gasteiger partial charge >= 0.3 is 0 Å². The molecule has 0 aliphatic heterocycles. The van der Waals surface area contributed by atoms with E-state index in [1.807, 2.05) is 0 Å². The van der Waals surface area contributed by atoms with Crippen molar-refractivity contribution in [3.05, 3.63) is 50.9 Å². The summed E-state index contributed by atoms with van der Waals surface area (Å²) in [6.45, 7) is 2.26. The molecule has 1 heterocycles.